The molecule has 29 nitrogen and oxygen atoms in total. The van der Waals surface area contributed by atoms with Crippen molar-refractivity contribution in [2.45, 2.75) is 111 Å². The van der Waals surface area contributed by atoms with Gasteiger partial charge in [-0.2, -0.15) is 0 Å². The number of nitrogens with zero attached hydrogens (tertiary/aromatic N) is 12. The summed E-state index contributed by atoms with van der Waals surface area (Å²) in [6.45, 7) is 15.7. The number of carbonyl (C=O) groups excluding carboxylic acids is 3. The minimum Gasteiger partial charge on any atom is -0.534 e. The van der Waals surface area contributed by atoms with Crippen LogP contribution in [0.15, 0.2) is 35.7 Å². The number of halogens is 1. The second-order valence-corrected chi connectivity index (χ2v) is 16.6. The third-order valence-electron chi connectivity index (χ3n) is 7.31. The molecule has 0 fully saturated rings. The average Bonchev–Trinajstić information content (AvgIpc) is 3.90. The fraction of sp³-hybridized carbons (Fsp3) is 0.550. The molecule has 1 radical (unpaired) electrons. The zero-order valence-corrected chi connectivity index (χ0v) is 46.2. The zero-order chi connectivity index (χ0) is 54.6. The number of fused-ring (bicyclic) bond motifs is 1. The molecule has 401 valence electrons. The molecule has 0 unspecified atom stereocenters. The second-order valence-electron chi connectivity index (χ2n) is 15.8. The van der Waals surface area contributed by atoms with Crippen LogP contribution in [0.5, 0.6) is 5.75 Å². The molecular formula is C40H61BBrCuN16NaO13. The third kappa shape index (κ3) is 39.1. The quantitative estimate of drug-likeness (QED) is 0.0185. The molecule has 3 amide bonds. The number of carbonyl (C=O) groups is 6. The molecule has 9 N–H and O–H groups in total. The first-order valence-electron chi connectivity index (χ1n) is 21.1. The number of terminal acetylenes is 1. The Morgan fingerprint density at radius 2 is 1.45 bits per heavy atom. The number of rotatable bonds is 16. The fourth-order valence-electron chi connectivity index (χ4n) is 4.83. The van der Waals surface area contributed by atoms with Crippen LogP contribution in [0.2, 0.25) is 0 Å². The molecule has 0 saturated heterocycles. The van der Waals surface area contributed by atoms with Gasteiger partial charge in [0.15, 0.2) is 0 Å². The van der Waals surface area contributed by atoms with Crippen molar-refractivity contribution in [2.75, 3.05) is 31.5 Å². The van der Waals surface area contributed by atoms with Gasteiger partial charge in [-0.05, 0) is 71.5 Å². The van der Waals surface area contributed by atoms with Crippen LogP contribution in [0, 0.1) is 12.3 Å². The van der Waals surface area contributed by atoms with Crippen LogP contribution in [-0.4, -0.2) is 142 Å². The molecule has 73 heavy (non-hydrogen) atoms. The van der Waals surface area contributed by atoms with Gasteiger partial charge in [0.05, 0.1) is 42.3 Å². The number of ether oxygens (including phenoxy) is 2. The molecule has 3 aromatic rings. The molecule has 2 aromatic heterocycles. The van der Waals surface area contributed by atoms with Gasteiger partial charge in [-0.15, -0.1) is 16.6 Å². The van der Waals surface area contributed by atoms with Crippen LogP contribution in [-0.2, 0) is 73.3 Å². The van der Waals surface area contributed by atoms with Gasteiger partial charge in [-0.25, -0.2) is 14.4 Å². The number of nitrogens with one attached hydrogen (secondary N) is 3. The van der Waals surface area contributed by atoms with E-state index in [1.165, 1.54) is 11.0 Å². The van der Waals surface area contributed by atoms with Crippen LogP contribution in [0.3, 0.4) is 0 Å². The Labute approximate surface area is 462 Å². The van der Waals surface area contributed by atoms with Crippen molar-refractivity contribution in [3.8, 4) is 18.1 Å². The molecule has 0 saturated carbocycles. The van der Waals surface area contributed by atoms with Crippen molar-refractivity contribution in [1.29, 1.82) is 0 Å². The van der Waals surface area contributed by atoms with Crippen molar-refractivity contribution in [1.82, 2.24) is 45.9 Å². The van der Waals surface area contributed by atoms with Gasteiger partial charge < -0.3 is 67.2 Å². The number of carboxylic acid groups (broad SMARTS) is 3. The molecule has 0 bridgehead atoms. The van der Waals surface area contributed by atoms with Crippen molar-refractivity contribution in [2.24, 2.45) is 10.8 Å². The molecule has 4 rings (SSSR count). The summed E-state index contributed by atoms with van der Waals surface area (Å²) >= 11 is 3.19. The summed E-state index contributed by atoms with van der Waals surface area (Å²) in [5.41, 5.74) is 27.5. The number of aliphatic carboxylic acids is 2. The second kappa shape index (κ2) is 41.4. The van der Waals surface area contributed by atoms with Crippen LogP contribution in [0.25, 0.3) is 26.4 Å². The van der Waals surface area contributed by atoms with E-state index < -0.39 is 48.3 Å². The smallest absolute Gasteiger partial charge is 0.534 e. The number of alkyl carbamates (subject to hydrolysis) is 2. The summed E-state index contributed by atoms with van der Waals surface area (Å²) < 4.78 is 18.4. The number of azide groups is 1. The summed E-state index contributed by atoms with van der Waals surface area (Å²) in [5.74, 6) is -1.92. The summed E-state index contributed by atoms with van der Waals surface area (Å²) in [5, 5.41) is 62.4. The molecule has 33 heteroatoms. The Balaban J connectivity index is -0.000000434. The monoisotopic (exact) mass is 1150 g/mol. The zero-order valence-electron chi connectivity index (χ0n) is 41.7. The van der Waals surface area contributed by atoms with Crippen molar-refractivity contribution >= 4 is 59.0 Å². The van der Waals surface area contributed by atoms with E-state index in [1.54, 1.807) is 54.7 Å². The molecule has 1 atom stereocenters. The van der Waals surface area contributed by atoms with Crippen LogP contribution in [0.4, 0.5) is 9.59 Å². The van der Waals surface area contributed by atoms with Gasteiger partial charge in [0.25, 0.3) is 0 Å². The summed E-state index contributed by atoms with van der Waals surface area (Å²) in [7, 11) is -1.35. The summed E-state index contributed by atoms with van der Waals surface area (Å²) in [6.07, 6.45) is 8.02. The van der Waals surface area contributed by atoms with E-state index in [4.69, 9.17) is 46.7 Å². The number of para-hydroxylation sites is 1. The van der Waals surface area contributed by atoms with Gasteiger partial charge in [-0.3, -0.25) is 28.7 Å². The van der Waals surface area contributed by atoms with Gasteiger partial charge in [0.2, 0.25) is 5.91 Å². The van der Waals surface area contributed by atoms with E-state index in [0.717, 1.165) is 18.3 Å². The maximum atomic E-state index is 12.2. The first-order valence-corrected chi connectivity index (χ1v) is 22.2. The van der Waals surface area contributed by atoms with Gasteiger partial charge in [0.1, 0.15) is 23.4 Å². The summed E-state index contributed by atoms with van der Waals surface area (Å²) in [4.78, 5) is 69.0. The summed E-state index contributed by atoms with van der Waals surface area (Å²) in [6, 6.07) is 4.70. The molecule has 1 aliphatic heterocycles. The Hall–Kier alpha value is -6.12. The topological polar surface area (TPSA) is 442 Å². The standard InChI is InChI=1S/C15H18BN5O5.C7H14BrNO2.C7H14N4O2.C7H11N3O2.C4H4O2.Cu.N3.Na/c17-4-5-21-8-10(19-20-21)7-13(22)18-12-6-9-2-1-3-11(15(23)24)14(9)26-16(12)25;1-7(2,3)11-6(10)9-5-4-8;1-7(2,3)13-6(12)9-4-5-10-11-8;1-2-3-10-5-6(8-9-10)4-7(11)12;1-2-3-4(5)6;;1-3-2;/h1-3,8,12,25H,4-7,17H2,(H,18,22)(H,23,24);4-5H2,1-3H3,(H,9,10);4-5H2,1-3H3,(H,9,12);5H,2-4H2,1H3,(H,11,12);1H,3H2,(H,5,6);;;/q;;;;;;-1;+1/t12-;;;;;;;/m0......./s1. The average molecular weight is 1150 g/mol. The number of amides is 3. The number of hydrogen-bond donors (Lipinski definition) is 8. The first-order chi connectivity index (χ1) is 33.3. The van der Waals surface area contributed by atoms with Crippen molar-refractivity contribution in [3.05, 3.63) is 79.5 Å². The normalized spacial score (nSPS) is 11.4. The number of alkyl halides is 1. The molecule has 3 heterocycles. The van der Waals surface area contributed by atoms with Crippen LogP contribution >= 0.6 is 15.9 Å². The SMILES string of the molecule is C#CCC(=O)O.CC(C)(C)OC(=O)NCCBr.CC(C)(C)OC(=O)NCCN=[N+]=[N-].CCCn1cc(CC(=O)O)nn1.NCCn1cc(CC(=O)N[C@H]2Cc3cccc(C(=O)O)c3OB2O)nn1.[Cu].[N-]=[N+]=[N-].[Na+]. The Bertz CT molecular complexity index is 2260. The maximum Gasteiger partial charge on any atom is 1.00 e. The van der Waals surface area contributed by atoms with Gasteiger partial charge in [0, 0.05) is 72.4 Å². The van der Waals surface area contributed by atoms with Crippen LogP contribution in [0.1, 0.15) is 88.6 Å². The molecular weight excluding hydrogens is 1090 g/mol. The van der Waals surface area contributed by atoms with Crippen molar-refractivity contribution < 1.29 is 110 Å². The first kappa shape index (κ1) is 73.4. The number of hydrogen-bond acceptors (Lipinski definition) is 16. The van der Waals surface area contributed by atoms with Gasteiger partial charge in [-0.1, -0.05) is 56.4 Å². The number of aromatic carboxylic acids is 1. The molecule has 0 spiro atoms. The predicted molar refractivity (Wildman–Crippen MR) is 260 cm³/mol. The molecule has 0 aliphatic carbocycles. The number of carboxylic acids is 3. The Morgan fingerprint density at radius 1 is 0.932 bits per heavy atom. The van der Waals surface area contributed by atoms with E-state index in [1.807, 2.05) is 33.6 Å². The minimum atomic E-state index is -1.35. The minimum absolute atomic E-state index is 0. The van der Waals surface area contributed by atoms with E-state index in [9.17, 15) is 38.9 Å². The molecule has 1 aliphatic rings. The fourth-order valence-corrected chi connectivity index (χ4v) is 5.03. The third-order valence-corrected chi connectivity index (χ3v) is 7.71. The number of nitrogens with two attached hydrogens (primary N) is 1. The Kier molecular flexibility index (Phi) is 41.6. The maximum absolute atomic E-state index is 12.2. The molecule has 1 aromatic carbocycles. The van der Waals surface area contributed by atoms with E-state index in [2.05, 4.69) is 69.0 Å². The van der Waals surface area contributed by atoms with Crippen molar-refractivity contribution in [3.63, 3.8) is 0 Å². The number of aryl methyl sites for hydroxylation is 1. The number of aromatic nitrogens is 6. The largest absolute Gasteiger partial charge is 1.00 e. The van der Waals surface area contributed by atoms with Crippen LogP contribution < -0.4 is 55.9 Å². The Morgan fingerprint density at radius 3 is 1.88 bits per heavy atom. The van der Waals surface area contributed by atoms with E-state index >= 15 is 0 Å². The number of benzene rings is 1. The van der Waals surface area contributed by atoms with E-state index in [0.29, 0.717) is 43.1 Å². The van der Waals surface area contributed by atoms with E-state index in [-0.39, 0.29) is 102 Å². The van der Waals surface area contributed by atoms with Gasteiger partial charge >= 0.3 is 66.8 Å². The predicted octanol–water partition coefficient (Wildman–Crippen LogP) is 0.622.